The normalized spacial score (nSPS) is 11.9. The summed E-state index contributed by atoms with van der Waals surface area (Å²) in [5, 5.41) is 17.2. The topological polar surface area (TPSA) is 40.6 Å². The van der Waals surface area contributed by atoms with Gasteiger partial charge in [0, 0.05) is 69.9 Å². The molecule has 0 fully saturated rings. The number of rotatable bonds is 6. The van der Waals surface area contributed by atoms with E-state index in [1.54, 1.807) is 0 Å². The Kier molecular flexibility index (Phi) is 7.71. The zero-order chi connectivity index (χ0) is 40.7. The molecule has 13 aromatic rings. The van der Waals surface area contributed by atoms with Gasteiger partial charge in [-0.25, -0.2) is 0 Å². The summed E-state index contributed by atoms with van der Waals surface area (Å²) in [4.78, 5) is 0. The predicted octanol–water partition coefficient (Wildman–Crippen LogP) is 14.8. The average Bonchev–Trinajstić information content (AvgIpc) is 4.11. The van der Waals surface area contributed by atoms with E-state index in [1.807, 2.05) is 35.6 Å². The molecule has 0 atom stereocenters. The van der Waals surface area contributed by atoms with Gasteiger partial charge in [-0.3, -0.25) is 4.57 Å². The summed E-state index contributed by atoms with van der Waals surface area (Å²) in [5.41, 5.74) is 12.2. The maximum atomic E-state index is 4.85. The summed E-state index contributed by atoms with van der Waals surface area (Å²) in [6.45, 7) is 0. The number of hydrogen-bond donors (Lipinski definition) is 0. The van der Waals surface area contributed by atoms with Crippen LogP contribution in [0, 0.1) is 0 Å². The Balaban J connectivity index is 0.964. The van der Waals surface area contributed by atoms with E-state index in [0.717, 1.165) is 62.0 Å². The van der Waals surface area contributed by atoms with Crippen LogP contribution in [0.1, 0.15) is 0 Å². The molecule has 5 nitrogen and oxygen atoms in total. The van der Waals surface area contributed by atoms with Gasteiger partial charge in [0.05, 0.1) is 22.1 Å². The van der Waals surface area contributed by atoms with Gasteiger partial charge in [-0.1, -0.05) is 146 Å². The highest BCUT2D eigenvalue weighted by molar-refractivity contribution is 7.26. The van der Waals surface area contributed by atoms with Crippen molar-refractivity contribution in [3.63, 3.8) is 0 Å². The molecular formula is C56H35N5S. The maximum absolute atomic E-state index is 4.85. The van der Waals surface area contributed by atoms with Crippen LogP contribution in [0.4, 0.5) is 0 Å². The lowest BCUT2D eigenvalue weighted by atomic mass is 10.0. The number of thiophene rings is 1. The minimum atomic E-state index is 0.789. The van der Waals surface area contributed by atoms with Gasteiger partial charge in [-0.05, 0) is 77.9 Å². The fourth-order valence-electron chi connectivity index (χ4n) is 9.62. The van der Waals surface area contributed by atoms with Crippen molar-refractivity contribution in [3.8, 4) is 51.0 Å². The molecule has 0 aliphatic rings. The Bertz CT molecular complexity index is 3870. The Morgan fingerprint density at radius 3 is 1.58 bits per heavy atom. The Hall–Kier alpha value is -8.06. The Labute approximate surface area is 360 Å². The zero-order valence-electron chi connectivity index (χ0n) is 33.4. The summed E-state index contributed by atoms with van der Waals surface area (Å²) in [6, 6.07) is 76.2. The second-order valence-corrected chi connectivity index (χ2v) is 16.9. The van der Waals surface area contributed by atoms with Gasteiger partial charge in [-0.2, -0.15) is 0 Å². The molecule has 0 N–H and O–H groups in total. The minimum absolute atomic E-state index is 0.789. The van der Waals surface area contributed by atoms with Gasteiger partial charge in [0.2, 0.25) is 0 Å². The molecule has 290 valence electrons. The van der Waals surface area contributed by atoms with Crippen molar-refractivity contribution in [1.29, 1.82) is 0 Å². The molecule has 13 rings (SSSR count). The highest BCUT2D eigenvalue weighted by atomic mass is 32.1. The van der Waals surface area contributed by atoms with Gasteiger partial charge in [0.15, 0.2) is 11.6 Å². The molecule has 0 spiro atoms. The van der Waals surface area contributed by atoms with E-state index in [2.05, 4.69) is 202 Å². The smallest absolute Gasteiger partial charge is 0.168 e. The van der Waals surface area contributed by atoms with E-state index in [9.17, 15) is 0 Å². The molecular weight excluding hydrogens is 775 g/mol. The second-order valence-electron chi connectivity index (χ2n) is 15.9. The molecule has 62 heavy (non-hydrogen) atoms. The lowest BCUT2D eigenvalue weighted by Gasteiger charge is -2.13. The van der Waals surface area contributed by atoms with Crippen molar-refractivity contribution in [3.05, 3.63) is 212 Å². The number of benzene rings is 9. The summed E-state index contributed by atoms with van der Waals surface area (Å²) in [6.07, 6.45) is 0. The first-order valence-corrected chi connectivity index (χ1v) is 21.7. The number of aromatic nitrogens is 5. The van der Waals surface area contributed by atoms with E-state index >= 15 is 0 Å². The number of nitrogens with zero attached hydrogens (tertiary/aromatic N) is 5. The van der Waals surface area contributed by atoms with Crippen LogP contribution >= 0.6 is 11.3 Å². The molecule has 6 heteroatoms. The first-order chi connectivity index (χ1) is 30.8. The van der Waals surface area contributed by atoms with Crippen LogP contribution in [0.15, 0.2) is 212 Å². The molecule has 0 bridgehead atoms. The fraction of sp³-hybridized carbons (Fsp3) is 0. The van der Waals surface area contributed by atoms with Crippen LogP contribution in [-0.2, 0) is 0 Å². The fourth-order valence-corrected chi connectivity index (χ4v) is 10.9. The minimum Gasteiger partial charge on any atom is -0.309 e. The number of hydrogen-bond acceptors (Lipinski definition) is 3. The third-order valence-corrected chi connectivity index (χ3v) is 13.6. The Morgan fingerprint density at radius 2 is 0.839 bits per heavy atom. The molecule has 0 unspecified atom stereocenters. The highest BCUT2D eigenvalue weighted by Crippen LogP contribution is 2.44. The molecule has 0 aliphatic carbocycles. The van der Waals surface area contributed by atoms with E-state index in [-0.39, 0.29) is 0 Å². The first kappa shape index (κ1) is 34.8. The van der Waals surface area contributed by atoms with Gasteiger partial charge in [0.25, 0.3) is 0 Å². The van der Waals surface area contributed by atoms with Gasteiger partial charge >= 0.3 is 0 Å². The van der Waals surface area contributed by atoms with E-state index in [4.69, 9.17) is 10.2 Å². The van der Waals surface area contributed by atoms with E-state index in [1.165, 1.54) is 52.8 Å². The molecule has 0 radical (unpaired) electrons. The SMILES string of the molecule is c1ccc(-c2nnc(-c3ccc4c5ccccc5n(-c5cccc(-c6cccc(-n7c8ccccc8c8c9sc%10ccccc%10c9ccc87)c6)c5)c4c3)n2-c2ccccc2)cc1. The third kappa shape index (κ3) is 5.27. The molecule has 4 aromatic heterocycles. The van der Waals surface area contributed by atoms with Crippen molar-refractivity contribution in [2.45, 2.75) is 0 Å². The Morgan fingerprint density at radius 1 is 0.306 bits per heavy atom. The van der Waals surface area contributed by atoms with Crippen LogP contribution in [0.5, 0.6) is 0 Å². The average molecular weight is 810 g/mol. The molecule has 0 saturated heterocycles. The quantitative estimate of drug-likeness (QED) is 0.168. The van der Waals surface area contributed by atoms with Crippen molar-refractivity contribution in [2.75, 3.05) is 0 Å². The van der Waals surface area contributed by atoms with E-state index < -0.39 is 0 Å². The zero-order valence-corrected chi connectivity index (χ0v) is 34.2. The molecule has 0 amide bonds. The monoisotopic (exact) mass is 809 g/mol. The van der Waals surface area contributed by atoms with Crippen LogP contribution in [0.3, 0.4) is 0 Å². The molecule has 9 aromatic carbocycles. The maximum Gasteiger partial charge on any atom is 0.168 e. The van der Waals surface area contributed by atoms with Gasteiger partial charge < -0.3 is 9.13 Å². The van der Waals surface area contributed by atoms with Crippen molar-refractivity contribution in [2.24, 2.45) is 0 Å². The summed E-state index contributed by atoms with van der Waals surface area (Å²) in [5.74, 6) is 1.59. The standard InChI is InChI=1S/C56H35N5S/c1-3-15-36(16-4-1)55-57-58-56(61(55)40-19-5-2-6-20-40)39-29-30-44-43-23-7-10-26-48(43)60(51(44)35-39)42-22-14-18-38(34-42)37-17-13-21-41(33-37)59-49-27-11-8-25-47(49)53-50(59)32-31-46-45-24-9-12-28-52(45)62-54(46)53/h1-35H. The lowest BCUT2D eigenvalue weighted by molar-refractivity contribution is 1.07. The first-order valence-electron chi connectivity index (χ1n) is 20.9. The largest absolute Gasteiger partial charge is 0.309 e. The van der Waals surface area contributed by atoms with Crippen molar-refractivity contribution >= 4 is 75.1 Å². The van der Waals surface area contributed by atoms with E-state index in [0.29, 0.717) is 0 Å². The van der Waals surface area contributed by atoms with Crippen molar-refractivity contribution in [1.82, 2.24) is 23.9 Å². The van der Waals surface area contributed by atoms with Crippen molar-refractivity contribution < 1.29 is 0 Å². The second kappa shape index (κ2) is 13.7. The summed E-state index contributed by atoms with van der Waals surface area (Å²) < 4.78 is 9.66. The van der Waals surface area contributed by atoms with Gasteiger partial charge in [0.1, 0.15) is 0 Å². The molecule has 4 heterocycles. The summed E-state index contributed by atoms with van der Waals surface area (Å²) in [7, 11) is 0. The molecule has 0 saturated carbocycles. The third-order valence-electron chi connectivity index (χ3n) is 12.4. The summed E-state index contributed by atoms with van der Waals surface area (Å²) >= 11 is 1.89. The van der Waals surface area contributed by atoms with Crippen LogP contribution in [0.25, 0.3) is 115 Å². The lowest BCUT2D eigenvalue weighted by Crippen LogP contribution is -2.00. The highest BCUT2D eigenvalue weighted by Gasteiger charge is 2.21. The predicted molar refractivity (Wildman–Crippen MR) is 259 cm³/mol. The van der Waals surface area contributed by atoms with Gasteiger partial charge in [-0.15, -0.1) is 21.5 Å². The van der Waals surface area contributed by atoms with Crippen LogP contribution in [0.2, 0.25) is 0 Å². The van der Waals surface area contributed by atoms with Crippen LogP contribution in [-0.4, -0.2) is 23.9 Å². The number of fused-ring (bicyclic) bond motifs is 10. The number of para-hydroxylation sites is 3. The van der Waals surface area contributed by atoms with Crippen LogP contribution < -0.4 is 0 Å². The molecule has 0 aliphatic heterocycles.